The van der Waals surface area contributed by atoms with Gasteiger partial charge in [0.1, 0.15) is 11.6 Å². The Labute approximate surface area is 190 Å². The van der Waals surface area contributed by atoms with Crippen LogP contribution in [0.3, 0.4) is 0 Å². The molecule has 3 rings (SSSR count). The zero-order valence-corrected chi connectivity index (χ0v) is 19.6. The quantitative estimate of drug-likeness (QED) is 0.451. The van der Waals surface area contributed by atoms with Crippen molar-refractivity contribution in [1.82, 2.24) is 15.3 Å². The number of hydrogen-bond donors (Lipinski definition) is 1. The zero-order chi connectivity index (χ0) is 23.1. The van der Waals surface area contributed by atoms with Gasteiger partial charge in [-0.25, -0.2) is 9.97 Å². The third kappa shape index (κ3) is 7.06. The summed E-state index contributed by atoms with van der Waals surface area (Å²) in [6.07, 6.45) is 4.03. The molecule has 1 aromatic heterocycles. The van der Waals surface area contributed by atoms with E-state index in [1.54, 1.807) is 0 Å². The summed E-state index contributed by atoms with van der Waals surface area (Å²) in [5.74, 6) is 2.00. The average molecular weight is 451 g/mol. The normalized spacial score (nSPS) is 20.4. The summed E-state index contributed by atoms with van der Waals surface area (Å²) in [6.45, 7) is 2.55. The summed E-state index contributed by atoms with van der Waals surface area (Å²) in [7, 11) is 4.03. The number of alkyl halides is 3. The van der Waals surface area contributed by atoms with Gasteiger partial charge >= 0.3 is 6.18 Å². The van der Waals surface area contributed by atoms with E-state index in [9.17, 15) is 13.2 Å². The van der Waals surface area contributed by atoms with Crippen LogP contribution in [-0.2, 0) is 6.42 Å². The van der Waals surface area contributed by atoms with E-state index >= 15 is 0 Å². The Bertz CT molecular complexity index is 845. The van der Waals surface area contributed by atoms with E-state index in [-0.39, 0.29) is 6.42 Å². The van der Waals surface area contributed by atoms with Crippen LogP contribution >= 0.6 is 0 Å². The molecule has 4 nitrogen and oxygen atoms in total. The number of aromatic nitrogens is 2. The number of anilines is 1. The van der Waals surface area contributed by atoms with Crippen LogP contribution in [0.15, 0.2) is 24.3 Å². The lowest BCUT2D eigenvalue weighted by Gasteiger charge is -2.29. The van der Waals surface area contributed by atoms with Crippen LogP contribution in [0.4, 0.5) is 19.0 Å². The van der Waals surface area contributed by atoms with Crippen molar-refractivity contribution < 1.29 is 13.2 Å². The Morgan fingerprint density at radius 2 is 1.75 bits per heavy atom. The van der Waals surface area contributed by atoms with Gasteiger partial charge in [0.2, 0.25) is 0 Å². The van der Waals surface area contributed by atoms with Gasteiger partial charge in [-0.3, -0.25) is 0 Å². The lowest BCUT2D eigenvalue weighted by atomic mass is 9.80. The van der Waals surface area contributed by atoms with Crippen LogP contribution < -0.4 is 10.2 Å². The molecule has 0 radical (unpaired) electrons. The highest BCUT2D eigenvalue weighted by Crippen LogP contribution is 2.32. The smallest absolute Gasteiger partial charge is 0.362 e. The fourth-order valence-electron chi connectivity index (χ4n) is 4.62. The standard InChI is InChI=1S/C25H37F3N4/c1-18(25(26,27)28)15-16-29-17-20-13-11-19(12-14-20)7-6-10-23-30-22-9-5-4-8-21(22)24(31-23)32(2)3/h4-5,8-9,18-20,29H,6-7,10-17H2,1-3H3. The van der Waals surface area contributed by atoms with Crippen molar-refractivity contribution in [3.05, 3.63) is 30.1 Å². The third-order valence-electron chi connectivity index (χ3n) is 6.78. The minimum absolute atomic E-state index is 0.158. The Morgan fingerprint density at radius 3 is 2.44 bits per heavy atom. The number of benzene rings is 1. The molecular formula is C25H37F3N4. The number of para-hydroxylation sites is 1. The Kier molecular flexibility index (Phi) is 8.74. The molecule has 7 heteroatoms. The van der Waals surface area contributed by atoms with Crippen molar-refractivity contribution in [3.63, 3.8) is 0 Å². The van der Waals surface area contributed by atoms with Crippen LogP contribution in [0.1, 0.15) is 57.7 Å². The SMILES string of the molecule is CC(CCNCC1CCC(CCCc2nc(N(C)C)c3ccccc3n2)CC1)C(F)(F)F. The monoisotopic (exact) mass is 450 g/mol. The topological polar surface area (TPSA) is 41.1 Å². The van der Waals surface area contributed by atoms with Gasteiger partial charge in [0, 0.05) is 25.9 Å². The third-order valence-corrected chi connectivity index (χ3v) is 6.78. The summed E-state index contributed by atoms with van der Waals surface area (Å²) in [6, 6.07) is 8.15. The lowest BCUT2D eigenvalue weighted by Crippen LogP contribution is -2.30. The fourth-order valence-corrected chi connectivity index (χ4v) is 4.62. The van der Waals surface area contributed by atoms with Crippen LogP contribution in [-0.4, -0.2) is 43.3 Å². The van der Waals surface area contributed by atoms with Gasteiger partial charge in [0.05, 0.1) is 11.4 Å². The molecular weight excluding hydrogens is 413 g/mol. The maximum Gasteiger partial charge on any atom is 0.391 e. The van der Waals surface area contributed by atoms with Crippen molar-refractivity contribution in [2.75, 3.05) is 32.1 Å². The summed E-state index contributed by atoms with van der Waals surface area (Å²) in [4.78, 5) is 11.6. The molecule has 0 aliphatic heterocycles. The van der Waals surface area contributed by atoms with E-state index in [1.165, 1.54) is 39.0 Å². The maximum atomic E-state index is 12.6. The average Bonchev–Trinajstić information content (AvgIpc) is 2.76. The molecule has 0 saturated heterocycles. The molecule has 1 aliphatic rings. The molecule has 0 bridgehead atoms. The number of hydrogen-bond acceptors (Lipinski definition) is 4. The zero-order valence-electron chi connectivity index (χ0n) is 19.6. The van der Waals surface area contributed by atoms with Gasteiger partial charge in [-0.2, -0.15) is 13.2 Å². The Hall–Kier alpha value is -1.89. The number of aryl methyl sites for hydroxylation is 1. The molecule has 32 heavy (non-hydrogen) atoms. The lowest BCUT2D eigenvalue weighted by molar-refractivity contribution is -0.170. The second kappa shape index (κ2) is 11.3. The van der Waals surface area contributed by atoms with Crippen LogP contribution in [0.5, 0.6) is 0 Å². The molecule has 0 spiro atoms. The van der Waals surface area contributed by atoms with E-state index in [1.807, 2.05) is 37.2 Å². The molecule has 0 amide bonds. The second-order valence-corrected chi connectivity index (χ2v) is 9.59. The number of nitrogens with zero attached hydrogens (tertiary/aromatic N) is 3. The van der Waals surface area contributed by atoms with E-state index in [0.29, 0.717) is 12.5 Å². The van der Waals surface area contributed by atoms with Crippen LogP contribution in [0.2, 0.25) is 0 Å². The fraction of sp³-hybridized carbons (Fsp3) is 0.680. The van der Waals surface area contributed by atoms with E-state index in [2.05, 4.69) is 11.4 Å². The first-order valence-corrected chi connectivity index (χ1v) is 11.9. The molecule has 1 heterocycles. The van der Waals surface area contributed by atoms with Crippen molar-refractivity contribution in [2.24, 2.45) is 17.8 Å². The first-order valence-electron chi connectivity index (χ1n) is 11.9. The molecule has 1 N–H and O–H groups in total. The molecule has 1 unspecified atom stereocenters. The molecule has 1 aliphatic carbocycles. The predicted octanol–water partition coefficient (Wildman–Crippen LogP) is 6.00. The minimum Gasteiger partial charge on any atom is -0.362 e. The largest absolute Gasteiger partial charge is 0.391 e. The Balaban J connectivity index is 1.37. The maximum absolute atomic E-state index is 12.6. The van der Waals surface area contributed by atoms with Gasteiger partial charge in [0.25, 0.3) is 0 Å². The summed E-state index contributed by atoms with van der Waals surface area (Å²) < 4.78 is 37.7. The van der Waals surface area contributed by atoms with E-state index < -0.39 is 12.1 Å². The van der Waals surface area contributed by atoms with Crippen LogP contribution in [0.25, 0.3) is 10.9 Å². The number of rotatable bonds is 10. The number of nitrogens with one attached hydrogen (secondary N) is 1. The summed E-state index contributed by atoms with van der Waals surface area (Å²) in [5.41, 5.74) is 0.999. The molecule has 178 valence electrons. The molecule has 2 aromatic rings. The van der Waals surface area contributed by atoms with E-state index in [4.69, 9.17) is 9.97 Å². The van der Waals surface area contributed by atoms with Gasteiger partial charge < -0.3 is 10.2 Å². The van der Waals surface area contributed by atoms with Crippen molar-refractivity contribution in [3.8, 4) is 0 Å². The predicted molar refractivity (Wildman–Crippen MR) is 125 cm³/mol. The van der Waals surface area contributed by atoms with E-state index in [0.717, 1.165) is 47.8 Å². The van der Waals surface area contributed by atoms with Crippen LogP contribution in [0, 0.1) is 17.8 Å². The van der Waals surface area contributed by atoms with Gasteiger partial charge in [-0.15, -0.1) is 0 Å². The highest BCUT2D eigenvalue weighted by Gasteiger charge is 2.35. The second-order valence-electron chi connectivity index (χ2n) is 9.59. The molecule has 1 atom stereocenters. The number of fused-ring (bicyclic) bond motifs is 1. The van der Waals surface area contributed by atoms with Crippen molar-refractivity contribution in [1.29, 1.82) is 0 Å². The van der Waals surface area contributed by atoms with Gasteiger partial charge in [-0.05, 0) is 62.7 Å². The first-order chi connectivity index (χ1) is 15.2. The van der Waals surface area contributed by atoms with Crippen molar-refractivity contribution in [2.45, 2.75) is 64.5 Å². The van der Waals surface area contributed by atoms with Gasteiger partial charge in [0.15, 0.2) is 0 Å². The minimum atomic E-state index is -4.08. The summed E-state index contributed by atoms with van der Waals surface area (Å²) in [5, 5.41) is 4.33. The number of halogens is 3. The highest BCUT2D eigenvalue weighted by atomic mass is 19.4. The Morgan fingerprint density at radius 1 is 1.06 bits per heavy atom. The molecule has 1 aromatic carbocycles. The molecule has 1 saturated carbocycles. The van der Waals surface area contributed by atoms with Gasteiger partial charge in [-0.1, -0.05) is 38.3 Å². The highest BCUT2D eigenvalue weighted by molar-refractivity contribution is 5.89. The molecule has 1 fully saturated rings. The van der Waals surface area contributed by atoms with Crippen molar-refractivity contribution >= 4 is 16.7 Å². The summed E-state index contributed by atoms with van der Waals surface area (Å²) >= 11 is 0. The first kappa shape index (κ1) is 24.7.